The fourth-order valence-electron chi connectivity index (χ4n) is 2.86. The lowest BCUT2D eigenvalue weighted by Crippen LogP contribution is -2.53. The average Bonchev–Trinajstić information content (AvgIpc) is 2.97. The van der Waals surface area contributed by atoms with Crippen molar-refractivity contribution in [2.75, 3.05) is 26.3 Å². The highest BCUT2D eigenvalue weighted by atomic mass is 35.5. The monoisotopic (exact) mass is 380 g/mol. The molecule has 0 spiro atoms. The van der Waals surface area contributed by atoms with E-state index in [1.165, 1.54) is 11.3 Å². The molecule has 5 nitrogen and oxygen atoms in total. The molecular weight excluding hydrogens is 360 g/mol. The Morgan fingerprint density at radius 3 is 2.56 bits per heavy atom. The maximum atomic E-state index is 12.8. The van der Waals surface area contributed by atoms with Crippen LogP contribution < -0.4 is 5.32 Å². The number of nitrogens with one attached hydrogen (secondary N) is 1. The predicted molar refractivity (Wildman–Crippen MR) is 100 cm³/mol. The molecule has 1 saturated heterocycles. The summed E-state index contributed by atoms with van der Waals surface area (Å²) in [5.41, 5.74) is 0. The minimum absolute atomic E-state index is 0.0209. The molecule has 2 amide bonds. The van der Waals surface area contributed by atoms with Crippen molar-refractivity contribution in [3.63, 3.8) is 0 Å². The van der Waals surface area contributed by atoms with Gasteiger partial charge in [-0.15, -0.1) is 11.3 Å². The summed E-state index contributed by atoms with van der Waals surface area (Å²) in [7, 11) is 0. The lowest BCUT2D eigenvalue weighted by molar-refractivity contribution is -0.138. The molecule has 1 fully saturated rings. The average molecular weight is 381 g/mol. The van der Waals surface area contributed by atoms with Gasteiger partial charge in [0, 0.05) is 23.2 Å². The number of carbonyl (C=O) groups excluding carboxylic acids is 2. The summed E-state index contributed by atoms with van der Waals surface area (Å²) in [6, 6.07) is 7.05. The van der Waals surface area contributed by atoms with Crippen molar-refractivity contribution in [2.24, 2.45) is 5.92 Å². The quantitative estimate of drug-likeness (QED) is 0.886. The third-order valence-electron chi connectivity index (χ3n) is 4.28. The van der Waals surface area contributed by atoms with E-state index in [-0.39, 0.29) is 17.7 Å². The molecule has 7 heteroatoms. The first kappa shape index (κ1) is 18.2. The first-order chi connectivity index (χ1) is 12.0. The smallest absolute Gasteiger partial charge is 0.263 e. The van der Waals surface area contributed by atoms with Gasteiger partial charge in [0.2, 0.25) is 5.91 Å². The Labute approximate surface area is 155 Å². The van der Waals surface area contributed by atoms with Crippen LogP contribution in [0.15, 0.2) is 24.3 Å². The Hall–Kier alpha value is -1.63. The molecule has 0 saturated carbocycles. The van der Waals surface area contributed by atoms with E-state index in [9.17, 15) is 9.59 Å². The Bertz CT molecular complexity index is 784. The summed E-state index contributed by atoms with van der Waals surface area (Å²) in [6.45, 7) is 6.04. The first-order valence-corrected chi connectivity index (χ1v) is 9.53. The molecule has 1 unspecified atom stereocenters. The third-order valence-corrected chi connectivity index (χ3v) is 5.96. The molecule has 3 rings (SSSR count). The summed E-state index contributed by atoms with van der Waals surface area (Å²) < 4.78 is 6.25. The summed E-state index contributed by atoms with van der Waals surface area (Å²) in [4.78, 5) is 27.7. The van der Waals surface area contributed by atoms with Gasteiger partial charge >= 0.3 is 0 Å². The van der Waals surface area contributed by atoms with Gasteiger partial charge in [0.05, 0.1) is 18.2 Å². The number of rotatable bonds is 4. The molecule has 1 N–H and O–H groups in total. The minimum atomic E-state index is -0.577. The van der Waals surface area contributed by atoms with Crippen LogP contribution in [-0.2, 0) is 9.53 Å². The summed E-state index contributed by atoms with van der Waals surface area (Å²) in [5, 5.41) is 4.19. The normalized spacial score (nSPS) is 16.2. The van der Waals surface area contributed by atoms with Crippen LogP contribution in [-0.4, -0.2) is 49.1 Å². The van der Waals surface area contributed by atoms with Crippen molar-refractivity contribution in [3.05, 3.63) is 34.2 Å². The van der Waals surface area contributed by atoms with Gasteiger partial charge in [0.15, 0.2) is 0 Å². The first-order valence-electron chi connectivity index (χ1n) is 8.33. The van der Waals surface area contributed by atoms with Crippen molar-refractivity contribution >= 4 is 44.8 Å². The SMILES string of the molecule is CC(C)C(NC(=O)c1sc2ccccc2c1Cl)C(=O)N1CCOCC1. The molecule has 25 heavy (non-hydrogen) atoms. The van der Waals surface area contributed by atoms with Crippen LogP contribution in [0.4, 0.5) is 0 Å². The van der Waals surface area contributed by atoms with Gasteiger partial charge in [0.25, 0.3) is 5.91 Å². The largest absolute Gasteiger partial charge is 0.378 e. The highest BCUT2D eigenvalue weighted by molar-refractivity contribution is 7.21. The van der Waals surface area contributed by atoms with Crippen LogP contribution in [0.5, 0.6) is 0 Å². The number of hydrogen-bond donors (Lipinski definition) is 1. The lowest BCUT2D eigenvalue weighted by Gasteiger charge is -2.32. The number of hydrogen-bond acceptors (Lipinski definition) is 4. The van der Waals surface area contributed by atoms with Gasteiger partial charge < -0.3 is 15.0 Å². The topological polar surface area (TPSA) is 58.6 Å². The van der Waals surface area contributed by atoms with Crippen LogP contribution in [0, 0.1) is 5.92 Å². The fourth-order valence-corrected chi connectivity index (χ4v) is 4.28. The lowest BCUT2D eigenvalue weighted by atomic mass is 10.0. The molecule has 1 atom stereocenters. The number of amides is 2. The molecule has 134 valence electrons. The molecular formula is C18H21ClN2O3S. The van der Waals surface area contributed by atoms with Gasteiger partial charge in [-0.1, -0.05) is 43.6 Å². The second kappa shape index (κ2) is 7.72. The molecule has 1 aliphatic heterocycles. The van der Waals surface area contributed by atoms with E-state index in [1.807, 2.05) is 38.1 Å². The Morgan fingerprint density at radius 2 is 1.92 bits per heavy atom. The predicted octanol–water partition coefficient (Wildman–Crippen LogP) is 3.17. The van der Waals surface area contributed by atoms with Crippen molar-refractivity contribution in [2.45, 2.75) is 19.9 Å². The Balaban J connectivity index is 1.80. The zero-order chi connectivity index (χ0) is 18.0. The zero-order valence-corrected chi connectivity index (χ0v) is 15.8. The molecule has 2 heterocycles. The standard InChI is InChI=1S/C18H21ClN2O3S/c1-11(2)15(18(23)21-7-9-24-10-8-21)20-17(22)16-14(19)12-5-3-4-6-13(12)25-16/h3-6,11,15H,7-10H2,1-2H3,(H,20,22). The number of carbonyl (C=O) groups is 2. The highest BCUT2D eigenvalue weighted by Crippen LogP contribution is 2.35. The van der Waals surface area contributed by atoms with Crippen molar-refractivity contribution < 1.29 is 14.3 Å². The van der Waals surface area contributed by atoms with Gasteiger partial charge in [0.1, 0.15) is 10.9 Å². The molecule has 0 radical (unpaired) electrons. The molecule has 1 aromatic heterocycles. The second-order valence-corrected chi connectivity index (χ2v) is 7.80. The van der Waals surface area contributed by atoms with Crippen molar-refractivity contribution in [1.29, 1.82) is 0 Å². The van der Waals surface area contributed by atoms with Gasteiger partial charge in [-0.3, -0.25) is 9.59 Å². The van der Waals surface area contributed by atoms with Crippen LogP contribution in [0.2, 0.25) is 5.02 Å². The summed E-state index contributed by atoms with van der Waals surface area (Å²) in [6.07, 6.45) is 0. The van der Waals surface area contributed by atoms with Crippen LogP contribution in [0.1, 0.15) is 23.5 Å². The summed E-state index contributed by atoms with van der Waals surface area (Å²) >= 11 is 7.73. The molecule has 0 bridgehead atoms. The maximum Gasteiger partial charge on any atom is 0.263 e. The molecule has 1 aliphatic rings. The number of halogens is 1. The van der Waals surface area contributed by atoms with Crippen LogP contribution in [0.25, 0.3) is 10.1 Å². The van der Waals surface area contributed by atoms with E-state index in [0.29, 0.717) is 36.2 Å². The molecule has 2 aromatic rings. The van der Waals surface area contributed by atoms with E-state index < -0.39 is 6.04 Å². The Kier molecular flexibility index (Phi) is 5.61. The number of morpholine rings is 1. The van der Waals surface area contributed by atoms with Crippen LogP contribution >= 0.6 is 22.9 Å². The number of benzene rings is 1. The third kappa shape index (κ3) is 3.81. The van der Waals surface area contributed by atoms with E-state index in [0.717, 1.165) is 10.1 Å². The summed E-state index contributed by atoms with van der Waals surface area (Å²) in [5.74, 6) is -0.386. The van der Waals surface area contributed by atoms with Gasteiger partial charge in [-0.05, 0) is 12.0 Å². The van der Waals surface area contributed by atoms with E-state index in [1.54, 1.807) is 4.90 Å². The maximum absolute atomic E-state index is 12.8. The minimum Gasteiger partial charge on any atom is -0.378 e. The van der Waals surface area contributed by atoms with Gasteiger partial charge in [-0.25, -0.2) is 0 Å². The Morgan fingerprint density at radius 1 is 1.24 bits per heavy atom. The zero-order valence-electron chi connectivity index (χ0n) is 14.3. The number of thiophene rings is 1. The number of ether oxygens (including phenoxy) is 1. The second-order valence-electron chi connectivity index (χ2n) is 6.37. The van der Waals surface area contributed by atoms with Gasteiger partial charge in [-0.2, -0.15) is 0 Å². The fraction of sp³-hybridized carbons (Fsp3) is 0.444. The van der Waals surface area contributed by atoms with Crippen molar-refractivity contribution in [3.8, 4) is 0 Å². The van der Waals surface area contributed by atoms with Crippen molar-refractivity contribution in [1.82, 2.24) is 10.2 Å². The van der Waals surface area contributed by atoms with Crippen LogP contribution in [0.3, 0.4) is 0 Å². The number of nitrogens with zero attached hydrogens (tertiary/aromatic N) is 1. The van der Waals surface area contributed by atoms with E-state index in [2.05, 4.69) is 5.32 Å². The number of fused-ring (bicyclic) bond motifs is 1. The van der Waals surface area contributed by atoms with E-state index in [4.69, 9.17) is 16.3 Å². The molecule has 1 aromatic carbocycles. The highest BCUT2D eigenvalue weighted by Gasteiger charge is 2.31. The van der Waals surface area contributed by atoms with E-state index >= 15 is 0 Å². The molecule has 0 aliphatic carbocycles.